The summed E-state index contributed by atoms with van der Waals surface area (Å²) in [5.41, 5.74) is 1.36. The topological polar surface area (TPSA) is 24.1 Å². The van der Waals surface area contributed by atoms with E-state index in [2.05, 4.69) is 57.8 Å². The summed E-state index contributed by atoms with van der Waals surface area (Å²) in [5, 5.41) is 7.09. The first kappa shape index (κ1) is 13.1. The largest absolute Gasteiger partial charge is 0.316 e. The van der Waals surface area contributed by atoms with Gasteiger partial charge in [-0.3, -0.25) is 0 Å². The molecule has 1 aliphatic rings. The molecule has 1 fully saturated rings. The zero-order chi connectivity index (χ0) is 12.1. The third kappa shape index (κ3) is 4.09. The van der Waals surface area contributed by atoms with Gasteiger partial charge in [-0.25, -0.2) is 0 Å². The van der Waals surface area contributed by atoms with Crippen molar-refractivity contribution in [3.63, 3.8) is 0 Å². The molecule has 1 heterocycles. The van der Waals surface area contributed by atoms with Crippen molar-refractivity contribution in [2.75, 3.05) is 19.6 Å². The van der Waals surface area contributed by atoms with Crippen LogP contribution in [0, 0.1) is 5.92 Å². The first-order chi connectivity index (χ1) is 8.25. The summed E-state index contributed by atoms with van der Waals surface area (Å²) >= 11 is 3.47. The number of nitrogens with one attached hydrogen (secondary N) is 2. The number of piperidine rings is 1. The Morgan fingerprint density at radius 2 is 2.18 bits per heavy atom. The van der Waals surface area contributed by atoms with Crippen molar-refractivity contribution in [3.8, 4) is 0 Å². The Morgan fingerprint density at radius 1 is 1.41 bits per heavy atom. The second-order valence-corrected chi connectivity index (χ2v) is 5.81. The highest BCUT2D eigenvalue weighted by atomic mass is 79.9. The van der Waals surface area contributed by atoms with Crippen LogP contribution in [0.25, 0.3) is 0 Å². The van der Waals surface area contributed by atoms with E-state index in [1.54, 1.807) is 0 Å². The molecule has 94 valence electrons. The molecule has 0 saturated carbocycles. The van der Waals surface area contributed by atoms with Crippen molar-refractivity contribution in [1.29, 1.82) is 0 Å². The lowest BCUT2D eigenvalue weighted by molar-refractivity contribution is 0.348. The number of rotatable bonds is 4. The average molecular weight is 297 g/mol. The van der Waals surface area contributed by atoms with Crippen LogP contribution in [0.15, 0.2) is 28.7 Å². The molecule has 2 N–H and O–H groups in total. The first-order valence-corrected chi connectivity index (χ1v) is 7.24. The highest BCUT2D eigenvalue weighted by molar-refractivity contribution is 9.10. The summed E-state index contributed by atoms with van der Waals surface area (Å²) in [5.74, 6) is 0.793. The lowest BCUT2D eigenvalue weighted by Gasteiger charge is -2.25. The van der Waals surface area contributed by atoms with E-state index in [9.17, 15) is 0 Å². The highest BCUT2D eigenvalue weighted by Crippen LogP contribution is 2.17. The second kappa shape index (κ2) is 6.53. The molecule has 0 aromatic heterocycles. The zero-order valence-electron chi connectivity index (χ0n) is 10.4. The fourth-order valence-electron chi connectivity index (χ4n) is 2.31. The molecule has 1 unspecified atom stereocenters. The van der Waals surface area contributed by atoms with Gasteiger partial charge >= 0.3 is 0 Å². The molecule has 0 radical (unpaired) electrons. The van der Waals surface area contributed by atoms with Crippen molar-refractivity contribution in [1.82, 2.24) is 10.6 Å². The fraction of sp³-hybridized carbons (Fsp3) is 0.571. The predicted octanol–water partition coefficient (Wildman–Crippen LogP) is 3.10. The molecule has 2 nitrogen and oxygen atoms in total. The van der Waals surface area contributed by atoms with E-state index in [1.165, 1.54) is 31.5 Å². The average Bonchev–Trinajstić information content (AvgIpc) is 2.38. The zero-order valence-corrected chi connectivity index (χ0v) is 12.0. The molecule has 0 spiro atoms. The normalized spacial score (nSPS) is 22.4. The number of halogens is 1. The van der Waals surface area contributed by atoms with Gasteiger partial charge in [0, 0.05) is 10.5 Å². The van der Waals surface area contributed by atoms with E-state index in [-0.39, 0.29) is 0 Å². The van der Waals surface area contributed by atoms with E-state index >= 15 is 0 Å². The SMILES string of the molecule is C[C@@H](NCC1CCCNC1)c1ccc(Br)cc1. The lowest BCUT2D eigenvalue weighted by Crippen LogP contribution is -2.36. The molecule has 17 heavy (non-hydrogen) atoms. The van der Waals surface area contributed by atoms with Gasteiger partial charge < -0.3 is 10.6 Å². The monoisotopic (exact) mass is 296 g/mol. The summed E-state index contributed by atoms with van der Waals surface area (Å²) in [6.07, 6.45) is 2.67. The van der Waals surface area contributed by atoms with Gasteiger partial charge in [0.05, 0.1) is 0 Å². The fourth-order valence-corrected chi connectivity index (χ4v) is 2.58. The number of hydrogen-bond donors (Lipinski definition) is 2. The molecular formula is C14H21BrN2. The first-order valence-electron chi connectivity index (χ1n) is 6.45. The van der Waals surface area contributed by atoms with Crippen molar-refractivity contribution in [3.05, 3.63) is 34.3 Å². The van der Waals surface area contributed by atoms with E-state index < -0.39 is 0 Å². The Balaban J connectivity index is 1.80. The molecule has 2 rings (SSSR count). The van der Waals surface area contributed by atoms with Crippen LogP contribution in [0.1, 0.15) is 31.4 Å². The van der Waals surface area contributed by atoms with Crippen LogP contribution in [-0.4, -0.2) is 19.6 Å². The Hall–Kier alpha value is -0.380. The molecule has 0 aliphatic carbocycles. The smallest absolute Gasteiger partial charge is 0.0291 e. The maximum Gasteiger partial charge on any atom is 0.0291 e. The maximum atomic E-state index is 3.63. The van der Waals surface area contributed by atoms with Crippen LogP contribution in [0.5, 0.6) is 0 Å². The molecule has 3 heteroatoms. The molecule has 1 saturated heterocycles. The van der Waals surface area contributed by atoms with Gasteiger partial charge in [-0.15, -0.1) is 0 Å². The number of benzene rings is 1. The molecule has 2 atom stereocenters. The van der Waals surface area contributed by atoms with Gasteiger partial charge in [-0.2, -0.15) is 0 Å². The van der Waals surface area contributed by atoms with Crippen LogP contribution in [0.2, 0.25) is 0 Å². The Labute approximate surface area is 112 Å². The molecule has 1 aromatic rings. The van der Waals surface area contributed by atoms with E-state index in [4.69, 9.17) is 0 Å². The molecule has 1 aliphatic heterocycles. The van der Waals surface area contributed by atoms with Gasteiger partial charge in [0.1, 0.15) is 0 Å². The van der Waals surface area contributed by atoms with Gasteiger partial charge in [0.25, 0.3) is 0 Å². The summed E-state index contributed by atoms with van der Waals surface area (Å²) < 4.78 is 1.14. The van der Waals surface area contributed by atoms with Crippen molar-refractivity contribution >= 4 is 15.9 Å². The summed E-state index contributed by atoms with van der Waals surface area (Å²) in [7, 11) is 0. The van der Waals surface area contributed by atoms with Gasteiger partial charge in [-0.1, -0.05) is 28.1 Å². The maximum absolute atomic E-state index is 3.63. The molecule has 0 amide bonds. The molecular weight excluding hydrogens is 276 g/mol. The predicted molar refractivity (Wildman–Crippen MR) is 76.2 cm³/mol. The lowest BCUT2D eigenvalue weighted by atomic mass is 9.99. The second-order valence-electron chi connectivity index (χ2n) is 4.89. The quantitative estimate of drug-likeness (QED) is 0.892. The minimum absolute atomic E-state index is 0.435. The van der Waals surface area contributed by atoms with Gasteiger partial charge in [0.2, 0.25) is 0 Å². The third-order valence-corrected chi connectivity index (χ3v) is 4.01. The van der Waals surface area contributed by atoms with Crippen molar-refractivity contribution in [2.45, 2.75) is 25.8 Å². The van der Waals surface area contributed by atoms with Crippen molar-refractivity contribution < 1.29 is 0 Å². The Kier molecular flexibility index (Phi) is 5.01. The van der Waals surface area contributed by atoms with Crippen LogP contribution in [0.3, 0.4) is 0 Å². The van der Waals surface area contributed by atoms with Crippen LogP contribution >= 0.6 is 15.9 Å². The summed E-state index contributed by atoms with van der Waals surface area (Å²) in [6.45, 7) is 5.71. The van der Waals surface area contributed by atoms with Crippen molar-refractivity contribution in [2.24, 2.45) is 5.92 Å². The molecule has 1 aromatic carbocycles. The van der Waals surface area contributed by atoms with Gasteiger partial charge in [-0.05, 0) is 63.0 Å². The highest BCUT2D eigenvalue weighted by Gasteiger charge is 2.14. The minimum atomic E-state index is 0.435. The third-order valence-electron chi connectivity index (χ3n) is 3.48. The summed E-state index contributed by atoms with van der Waals surface area (Å²) in [4.78, 5) is 0. The standard InChI is InChI=1S/C14H21BrN2/c1-11(13-4-6-14(15)7-5-13)17-10-12-3-2-8-16-9-12/h4-7,11-12,16-17H,2-3,8-10H2,1H3/t11-,12?/m1/s1. The van der Waals surface area contributed by atoms with E-state index in [0.717, 1.165) is 16.9 Å². The van der Waals surface area contributed by atoms with Gasteiger partial charge in [0.15, 0.2) is 0 Å². The van der Waals surface area contributed by atoms with Crippen LogP contribution in [0.4, 0.5) is 0 Å². The summed E-state index contributed by atoms with van der Waals surface area (Å²) in [6, 6.07) is 9.01. The Morgan fingerprint density at radius 3 is 2.82 bits per heavy atom. The minimum Gasteiger partial charge on any atom is -0.316 e. The Bertz CT molecular complexity index is 331. The number of hydrogen-bond acceptors (Lipinski definition) is 2. The van der Waals surface area contributed by atoms with Crippen LogP contribution < -0.4 is 10.6 Å². The van der Waals surface area contributed by atoms with E-state index in [1.807, 2.05) is 0 Å². The molecule has 0 bridgehead atoms. The van der Waals surface area contributed by atoms with Crippen LogP contribution in [-0.2, 0) is 0 Å². The van der Waals surface area contributed by atoms with E-state index in [0.29, 0.717) is 6.04 Å².